The Bertz CT molecular complexity index is 528. The van der Waals surface area contributed by atoms with Crippen molar-refractivity contribution in [1.82, 2.24) is 15.1 Å². The van der Waals surface area contributed by atoms with Gasteiger partial charge in [-0.15, -0.1) is 0 Å². The number of rotatable bonds is 4. The highest BCUT2D eigenvalue weighted by atomic mass is 16.3. The first-order valence-electron chi connectivity index (χ1n) is 6.00. The number of carbonyl (C=O) groups excluding carboxylic acids is 1. The maximum Gasteiger partial charge on any atom is 0.287 e. The Kier molecular flexibility index (Phi) is 3.50. The average Bonchev–Trinajstić information content (AvgIpc) is 2.97. The first-order chi connectivity index (χ1) is 8.61. The molecule has 1 unspecified atom stereocenters. The van der Waals surface area contributed by atoms with E-state index in [9.17, 15) is 4.79 Å². The number of hydrogen-bond acceptors (Lipinski definition) is 3. The molecule has 5 nitrogen and oxygen atoms in total. The van der Waals surface area contributed by atoms with Gasteiger partial charge in [0.25, 0.3) is 5.91 Å². The molecule has 0 saturated carbocycles. The summed E-state index contributed by atoms with van der Waals surface area (Å²) >= 11 is 0. The number of nitrogens with zero attached hydrogens (tertiary/aromatic N) is 2. The second-order valence-electron chi connectivity index (χ2n) is 4.20. The smallest absolute Gasteiger partial charge is 0.287 e. The van der Waals surface area contributed by atoms with Crippen LogP contribution in [0.2, 0.25) is 0 Å². The van der Waals surface area contributed by atoms with Crippen LogP contribution in [-0.4, -0.2) is 15.7 Å². The van der Waals surface area contributed by atoms with E-state index in [0.717, 1.165) is 17.8 Å². The van der Waals surface area contributed by atoms with Gasteiger partial charge in [0, 0.05) is 18.3 Å². The van der Waals surface area contributed by atoms with Gasteiger partial charge in [-0.3, -0.25) is 9.48 Å². The lowest BCUT2D eigenvalue weighted by atomic mass is 10.1. The summed E-state index contributed by atoms with van der Waals surface area (Å²) < 4.78 is 6.92. The highest BCUT2D eigenvalue weighted by molar-refractivity contribution is 5.91. The van der Waals surface area contributed by atoms with E-state index in [2.05, 4.69) is 10.4 Å². The summed E-state index contributed by atoms with van der Waals surface area (Å²) in [5.41, 5.74) is 1.96. The first-order valence-corrected chi connectivity index (χ1v) is 6.00. The molecular formula is C13H17N3O2. The lowest BCUT2D eigenvalue weighted by molar-refractivity contribution is 0.0912. The minimum Gasteiger partial charge on any atom is -0.459 e. The minimum atomic E-state index is -0.212. The number of carbonyl (C=O) groups is 1. The zero-order chi connectivity index (χ0) is 13.1. The molecule has 2 rings (SSSR count). The van der Waals surface area contributed by atoms with Gasteiger partial charge in [0.05, 0.1) is 18.0 Å². The Balaban J connectivity index is 2.09. The SMILES string of the molecule is CCn1cc(C(C)NC(=O)c2ccco2)c(C)n1. The van der Waals surface area contributed by atoms with Gasteiger partial charge in [0.1, 0.15) is 0 Å². The van der Waals surface area contributed by atoms with Crippen molar-refractivity contribution >= 4 is 5.91 Å². The van der Waals surface area contributed by atoms with E-state index in [4.69, 9.17) is 4.42 Å². The molecule has 1 atom stereocenters. The quantitative estimate of drug-likeness (QED) is 0.901. The summed E-state index contributed by atoms with van der Waals surface area (Å²) in [5.74, 6) is 0.110. The molecule has 1 N–H and O–H groups in total. The Morgan fingerprint density at radius 3 is 2.94 bits per heavy atom. The Morgan fingerprint density at radius 1 is 1.61 bits per heavy atom. The van der Waals surface area contributed by atoms with Gasteiger partial charge in [-0.25, -0.2) is 0 Å². The van der Waals surface area contributed by atoms with Crippen molar-refractivity contribution in [3.05, 3.63) is 41.6 Å². The molecule has 0 radical (unpaired) electrons. The van der Waals surface area contributed by atoms with Crippen LogP contribution in [0.15, 0.2) is 29.0 Å². The predicted molar refractivity (Wildman–Crippen MR) is 67.2 cm³/mol. The van der Waals surface area contributed by atoms with E-state index in [0.29, 0.717) is 5.76 Å². The largest absolute Gasteiger partial charge is 0.459 e. The number of nitrogens with one attached hydrogen (secondary N) is 1. The van der Waals surface area contributed by atoms with Crippen LogP contribution in [0.4, 0.5) is 0 Å². The zero-order valence-electron chi connectivity index (χ0n) is 10.8. The number of amides is 1. The topological polar surface area (TPSA) is 60.1 Å². The van der Waals surface area contributed by atoms with E-state index < -0.39 is 0 Å². The predicted octanol–water partition coefficient (Wildman–Crippen LogP) is 2.30. The molecule has 0 saturated heterocycles. The second kappa shape index (κ2) is 5.08. The van der Waals surface area contributed by atoms with E-state index >= 15 is 0 Å². The Hall–Kier alpha value is -2.04. The van der Waals surface area contributed by atoms with Crippen molar-refractivity contribution in [2.24, 2.45) is 0 Å². The number of aryl methyl sites for hydroxylation is 2. The van der Waals surface area contributed by atoms with Crippen LogP contribution in [0.1, 0.15) is 41.7 Å². The maximum absolute atomic E-state index is 11.8. The first kappa shape index (κ1) is 12.4. The van der Waals surface area contributed by atoms with Crippen molar-refractivity contribution in [1.29, 1.82) is 0 Å². The standard InChI is InChI=1S/C13H17N3O2/c1-4-16-8-11(10(3)15-16)9(2)14-13(17)12-6-5-7-18-12/h5-9H,4H2,1-3H3,(H,14,17). The minimum absolute atomic E-state index is 0.0945. The van der Waals surface area contributed by atoms with Gasteiger partial charge in [-0.05, 0) is 32.9 Å². The lowest BCUT2D eigenvalue weighted by Gasteiger charge is -2.11. The molecule has 0 bridgehead atoms. The molecular weight excluding hydrogens is 230 g/mol. The molecule has 0 aliphatic rings. The van der Waals surface area contributed by atoms with Crippen LogP contribution >= 0.6 is 0 Å². The van der Waals surface area contributed by atoms with Crippen LogP contribution in [0, 0.1) is 6.92 Å². The fourth-order valence-electron chi connectivity index (χ4n) is 1.87. The Labute approximate surface area is 106 Å². The molecule has 96 valence electrons. The third kappa shape index (κ3) is 2.45. The number of aromatic nitrogens is 2. The maximum atomic E-state index is 11.8. The molecule has 0 fully saturated rings. The van der Waals surface area contributed by atoms with Crippen molar-refractivity contribution in [2.45, 2.75) is 33.4 Å². The monoisotopic (exact) mass is 247 g/mol. The fraction of sp³-hybridized carbons (Fsp3) is 0.385. The molecule has 2 aromatic heterocycles. The highest BCUT2D eigenvalue weighted by Crippen LogP contribution is 2.16. The molecule has 2 aromatic rings. The summed E-state index contributed by atoms with van der Waals surface area (Å²) in [7, 11) is 0. The van der Waals surface area contributed by atoms with Crippen molar-refractivity contribution in [3.63, 3.8) is 0 Å². The summed E-state index contributed by atoms with van der Waals surface area (Å²) in [6.07, 6.45) is 3.45. The van der Waals surface area contributed by atoms with E-state index in [1.54, 1.807) is 12.1 Å². The molecule has 0 aliphatic heterocycles. The Morgan fingerprint density at radius 2 is 2.39 bits per heavy atom. The van der Waals surface area contributed by atoms with E-state index in [-0.39, 0.29) is 11.9 Å². The van der Waals surface area contributed by atoms with Gasteiger partial charge in [0.2, 0.25) is 0 Å². The third-order valence-corrected chi connectivity index (χ3v) is 2.87. The third-order valence-electron chi connectivity index (χ3n) is 2.87. The van der Waals surface area contributed by atoms with Crippen molar-refractivity contribution in [3.8, 4) is 0 Å². The van der Waals surface area contributed by atoms with Crippen LogP contribution < -0.4 is 5.32 Å². The van der Waals surface area contributed by atoms with Gasteiger partial charge in [0.15, 0.2) is 5.76 Å². The molecule has 5 heteroatoms. The molecule has 1 amide bonds. The van der Waals surface area contributed by atoms with Gasteiger partial charge in [-0.2, -0.15) is 5.10 Å². The molecule has 18 heavy (non-hydrogen) atoms. The van der Waals surface area contributed by atoms with Gasteiger partial charge >= 0.3 is 0 Å². The fourth-order valence-corrected chi connectivity index (χ4v) is 1.87. The van der Waals surface area contributed by atoms with Crippen molar-refractivity contribution in [2.75, 3.05) is 0 Å². The molecule has 0 aliphatic carbocycles. The summed E-state index contributed by atoms with van der Waals surface area (Å²) in [5, 5.41) is 7.25. The summed E-state index contributed by atoms with van der Waals surface area (Å²) in [4.78, 5) is 11.8. The van der Waals surface area contributed by atoms with Gasteiger partial charge in [-0.1, -0.05) is 0 Å². The molecule has 0 aromatic carbocycles. The summed E-state index contributed by atoms with van der Waals surface area (Å²) in [6.45, 7) is 6.73. The molecule has 0 spiro atoms. The van der Waals surface area contributed by atoms with Crippen LogP contribution in [0.5, 0.6) is 0 Å². The van der Waals surface area contributed by atoms with Crippen molar-refractivity contribution < 1.29 is 9.21 Å². The second-order valence-corrected chi connectivity index (χ2v) is 4.20. The highest BCUT2D eigenvalue weighted by Gasteiger charge is 2.16. The van der Waals surface area contributed by atoms with Crippen LogP contribution in [0.3, 0.4) is 0 Å². The summed E-state index contributed by atoms with van der Waals surface area (Å²) in [6, 6.07) is 3.24. The number of hydrogen-bond donors (Lipinski definition) is 1. The normalized spacial score (nSPS) is 12.4. The van der Waals surface area contributed by atoms with Crippen LogP contribution in [0.25, 0.3) is 0 Å². The number of furan rings is 1. The van der Waals surface area contributed by atoms with Crippen LogP contribution in [-0.2, 0) is 6.54 Å². The van der Waals surface area contributed by atoms with Gasteiger partial charge < -0.3 is 9.73 Å². The van der Waals surface area contributed by atoms with E-state index in [1.807, 2.05) is 31.6 Å². The zero-order valence-corrected chi connectivity index (χ0v) is 10.8. The average molecular weight is 247 g/mol. The molecule has 2 heterocycles. The lowest BCUT2D eigenvalue weighted by Crippen LogP contribution is -2.26. The van der Waals surface area contributed by atoms with E-state index in [1.165, 1.54) is 6.26 Å².